The summed E-state index contributed by atoms with van der Waals surface area (Å²) in [6.07, 6.45) is 0. The Hall–Kier alpha value is -2.28. The van der Waals surface area contributed by atoms with Crippen LogP contribution >= 0.6 is 11.8 Å². The van der Waals surface area contributed by atoms with Gasteiger partial charge in [0.15, 0.2) is 5.84 Å². The number of rotatable bonds is 4. The highest BCUT2D eigenvalue weighted by Gasteiger charge is 2.15. The van der Waals surface area contributed by atoms with Gasteiger partial charge in [0.2, 0.25) is 0 Å². The van der Waals surface area contributed by atoms with Crippen molar-refractivity contribution in [3.63, 3.8) is 0 Å². The molecule has 0 radical (unpaired) electrons. The average Bonchev–Trinajstić information content (AvgIpc) is 2.50. The van der Waals surface area contributed by atoms with E-state index in [1.54, 1.807) is 24.3 Å². The van der Waals surface area contributed by atoms with E-state index in [2.05, 4.69) is 5.16 Å². The zero-order chi connectivity index (χ0) is 15.4. The molecule has 0 bridgehead atoms. The molecule has 4 nitrogen and oxygen atoms in total. The molecule has 21 heavy (non-hydrogen) atoms. The van der Waals surface area contributed by atoms with Gasteiger partial charge >= 0.3 is 0 Å². The Balaban J connectivity index is 2.36. The predicted octanol–water partition coefficient (Wildman–Crippen LogP) is 3.22. The molecule has 0 aliphatic carbocycles. The molecule has 0 aromatic heterocycles. The molecule has 2 aromatic rings. The number of hydrogen-bond donors (Lipinski definition) is 2. The second-order valence-electron chi connectivity index (χ2n) is 4.04. The molecule has 0 atom stereocenters. The van der Waals surface area contributed by atoms with E-state index in [0.717, 1.165) is 23.9 Å². The number of nitrogens with two attached hydrogens (primary N) is 1. The molecule has 0 saturated carbocycles. The number of amidine groups is 1. The molecule has 0 unspecified atom stereocenters. The maximum Gasteiger partial charge on any atom is 0.170 e. The Labute approximate surface area is 124 Å². The first-order valence-corrected chi connectivity index (χ1v) is 6.65. The Kier molecular flexibility index (Phi) is 4.64. The van der Waals surface area contributed by atoms with Crippen LogP contribution in [0.1, 0.15) is 5.56 Å². The van der Waals surface area contributed by atoms with Gasteiger partial charge in [0, 0.05) is 10.5 Å². The summed E-state index contributed by atoms with van der Waals surface area (Å²) in [4.78, 5) is 0.460. The van der Waals surface area contributed by atoms with Gasteiger partial charge in [-0.25, -0.2) is 8.78 Å². The first-order chi connectivity index (χ1) is 10.0. The van der Waals surface area contributed by atoms with E-state index in [-0.39, 0.29) is 16.3 Å². The van der Waals surface area contributed by atoms with E-state index >= 15 is 0 Å². The minimum atomic E-state index is -0.788. The zero-order valence-corrected chi connectivity index (χ0v) is 11.8. The van der Waals surface area contributed by atoms with Crippen LogP contribution in [-0.2, 0) is 0 Å². The number of ether oxygens (including phenoxy) is 1. The van der Waals surface area contributed by atoms with Crippen molar-refractivity contribution >= 4 is 17.6 Å². The Morgan fingerprint density at radius 3 is 2.48 bits per heavy atom. The maximum absolute atomic E-state index is 14.0. The van der Waals surface area contributed by atoms with E-state index in [4.69, 9.17) is 15.7 Å². The van der Waals surface area contributed by atoms with E-state index in [1.807, 2.05) is 0 Å². The van der Waals surface area contributed by atoms with Crippen molar-refractivity contribution in [2.45, 2.75) is 9.79 Å². The number of oxime groups is 1. The summed E-state index contributed by atoms with van der Waals surface area (Å²) in [5.74, 6) is -1.34. The lowest BCUT2D eigenvalue weighted by atomic mass is 10.2. The quantitative estimate of drug-likeness (QED) is 0.394. The fourth-order valence-corrected chi connectivity index (χ4v) is 2.52. The predicted molar refractivity (Wildman–Crippen MR) is 76.0 cm³/mol. The third kappa shape index (κ3) is 3.43. The van der Waals surface area contributed by atoms with Crippen molar-refractivity contribution in [2.24, 2.45) is 10.9 Å². The summed E-state index contributed by atoms with van der Waals surface area (Å²) >= 11 is 0.925. The largest absolute Gasteiger partial charge is 0.497 e. The van der Waals surface area contributed by atoms with Crippen LogP contribution in [0.5, 0.6) is 5.75 Å². The number of benzene rings is 2. The fraction of sp³-hybridized carbons (Fsp3) is 0.0714. The minimum Gasteiger partial charge on any atom is -0.497 e. The number of nitrogens with zero attached hydrogens (tertiary/aromatic N) is 1. The summed E-state index contributed by atoms with van der Waals surface area (Å²) in [7, 11) is 1.51. The zero-order valence-electron chi connectivity index (χ0n) is 11.0. The molecule has 2 aromatic carbocycles. The molecule has 7 heteroatoms. The van der Waals surface area contributed by atoms with Gasteiger partial charge < -0.3 is 15.7 Å². The van der Waals surface area contributed by atoms with Gasteiger partial charge in [0.05, 0.1) is 12.0 Å². The lowest BCUT2D eigenvalue weighted by Crippen LogP contribution is -2.14. The molecular formula is C14H12F2N2O2S. The van der Waals surface area contributed by atoms with Crippen LogP contribution in [0.25, 0.3) is 0 Å². The van der Waals surface area contributed by atoms with E-state index < -0.39 is 11.6 Å². The van der Waals surface area contributed by atoms with Crippen LogP contribution in [0.4, 0.5) is 8.78 Å². The van der Waals surface area contributed by atoms with Gasteiger partial charge in [0.1, 0.15) is 17.4 Å². The third-order valence-electron chi connectivity index (χ3n) is 2.66. The van der Waals surface area contributed by atoms with Gasteiger partial charge in [-0.15, -0.1) is 0 Å². The highest BCUT2D eigenvalue weighted by molar-refractivity contribution is 7.99. The lowest BCUT2D eigenvalue weighted by Gasteiger charge is -2.08. The first kappa shape index (κ1) is 15.1. The van der Waals surface area contributed by atoms with Gasteiger partial charge in [-0.3, -0.25) is 0 Å². The Morgan fingerprint density at radius 2 is 1.90 bits per heavy atom. The van der Waals surface area contributed by atoms with E-state index in [9.17, 15) is 8.78 Å². The summed E-state index contributed by atoms with van der Waals surface area (Å²) < 4.78 is 33.0. The summed E-state index contributed by atoms with van der Waals surface area (Å²) in [6, 6.07) is 8.87. The summed E-state index contributed by atoms with van der Waals surface area (Å²) in [5.41, 5.74) is 5.29. The Morgan fingerprint density at radius 1 is 1.24 bits per heavy atom. The monoisotopic (exact) mass is 310 g/mol. The average molecular weight is 310 g/mol. The van der Waals surface area contributed by atoms with Gasteiger partial charge in [0.25, 0.3) is 0 Å². The molecule has 0 aliphatic heterocycles. The molecular weight excluding hydrogens is 298 g/mol. The normalized spacial score (nSPS) is 11.5. The maximum atomic E-state index is 14.0. The van der Waals surface area contributed by atoms with E-state index in [0.29, 0.717) is 10.6 Å². The molecule has 0 heterocycles. The standard InChI is InChI=1S/C14H12F2N2O2S/c1-20-9-3-2-4-10(7-9)21-13-11(15)5-8(6-12(13)16)14(17)18-19/h2-7,19H,1H3,(H2,17,18). The second-order valence-corrected chi connectivity index (χ2v) is 5.12. The highest BCUT2D eigenvalue weighted by atomic mass is 32.2. The molecule has 0 spiro atoms. The summed E-state index contributed by atoms with van der Waals surface area (Å²) in [6.45, 7) is 0. The summed E-state index contributed by atoms with van der Waals surface area (Å²) in [5, 5.41) is 11.2. The van der Waals surface area contributed by atoms with Gasteiger partial charge in [-0.2, -0.15) is 0 Å². The third-order valence-corrected chi connectivity index (χ3v) is 3.75. The second kappa shape index (κ2) is 6.45. The number of halogens is 2. The van der Waals surface area contributed by atoms with Gasteiger partial charge in [-0.1, -0.05) is 23.0 Å². The fourth-order valence-electron chi connectivity index (χ4n) is 1.65. The molecule has 0 aliphatic rings. The van der Waals surface area contributed by atoms with Crippen molar-refractivity contribution in [3.05, 3.63) is 53.6 Å². The smallest absolute Gasteiger partial charge is 0.170 e. The molecule has 0 amide bonds. The topological polar surface area (TPSA) is 67.8 Å². The van der Waals surface area contributed by atoms with Crippen LogP contribution in [0.15, 0.2) is 51.3 Å². The van der Waals surface area contributed by atoms with Crippen molar-refractivity contribution in [3.8, 4) is 5.75 Å². The minimum absolute atomic E-state index is 0.0255. The lowest BCUT2D eigenvalue weighted by molar-refractivity contribution is 0.318. The molecule has 2 rings (SSSR count). The molecule has 0 saturated heterocycles. The molecule has 3 N–H and O–H groups in total. The van der Waals surface area contributed by atoms with Crippen molar-refractivity contribution in [2.75, 3.05) is 7.11 Å². The molecule has 110 valence electrons. The van der Waals surface area contributed by atoms with Crippen LogP contribution in [0, 0.1) is 11.6 Å². The Bertz CT molecular complexity index is 669. The van der Waals surface area contributed by atoms with E-state index in [1.165, 1.54) is 7.11 Å². The number of hydrogen-bond acceptors (Lipinski definition) is 4. The van der Waals surface area contributed by atoms with Crippen molar-refractivity contribution < 1.29 is 18.7 Å². The van der Waals surface area contributed by atoms with Crippen LogP contribution in [0.2, 0.25) is 0 Å². The van der Waals surface area contributed by atoms with Crippen LogP contribution in [-0.4, -0.2) is 18.2 Å². The van der Waals surface area contributed by atoms with Crippen molar-refractivity contribution in [1.29, 1.82) is 0 Å². The van der Waals surface area contributed by atoms with Gasteiger partial charge in [-0.05, 0) is 30.3 Å². The first-order valence-electron chi connectivity index (χ1n) is 5.84. The van der Waals surface area contributed by atoms with Crippen LogP contribution in [0.3, 0.4) is 0 Å². The van der Waals surface area contributed by atoms with Crippen molar-refractivity contribution in [1.82, 2.24) is 0 Å². The number of methoxy groups -OCH3 is 1. The SMILES string of the molecule is COc1cccc(Sc2c(F)cc(/C(N)=N/O)cc2F)c1. The highest BCUT2D eigenvalue weighted by Crippen LogP contribution is 2.34. The molecule has 0 fully saturated rings. The van der Waals surface area contributed by atoms with Crippen LogP contribution < -0.4 is 10.5 Å².